The van der Waals surface area contributed by atoms with E-state index in [-0.39, 0.29) is 27.9 Å². The fourth-order valence-electron chi connectivity index (χ4n) is 3.23. The summed E-state index contributed by atoms with van der Waals surface area (Å²) in [6, 6.07) is 8.63. The lowest BCUT2D eigenvalue weighted by Gasteiger charge is -2.27. The summed E-state index contributed by atoms with van der Waals surface area (Å²) < 4.78 is 51.8. The average Bonchev–Trinajstić information content (AvgIpc) is 2.61. The zero-order valence-electron chi connectivity index (χ0n) is 18.3. The first-order valence-electron chi connectivity index (χ1n) is 9.79. The fraction of sp³-hybridized carbons (Fsp3) is 0.375. The van der Waals surface area contributed by atoms with Crippen LogP contribution in [0.1, 0.15) is 58.4 Å². The molecule has 0 aliphatic heterocycles. The van der Waals surface area contributed by atoms with E-state index in [0.717, 1.165) is 11.6 Å². The van der Waals surface area contributed by atoms with Crippen molar-refractivity contribution in [1.82, 2.24) is 0 Å². The highest BCUT2D eigenvalue weighted by molar-refractivity contribution is 5.79. The monoisotopic (exact) mass is 434 g/mol. The van der Waals surface area contributed by atoms with Crippen LogP contribution in [0.15, 0.2) is 45.6 Å². The molecule has 2 aromatic carbocycles. The number of fused-ring (bicyclic) bond motifs is 1. The maximum atomic E-state index is 13.7. The van der Waals surface area contributed by atoms with Gasteiger partial charge in [0.25, 0.3) is 5.76 Å². The SMILES string of the molecule is CC(C)(C)c1ccc(Oc2c(C(F)(F)F)oc3cc(O)ccc3c2=O)c(C(C)(C)C)c1. The lowest BCUT2D eigenvalue weighted by Crippen LogP contribution is -2.19. The van der Waals surface area contributed by atoms with Crippen LogP contribution in [0.2, 0.25) is 0 Å². The molecule has 3 rings (SSSR count). The first kappa shape index (κ1) is 22.7. The van der Waals surface area contributed by atoms with Crippen molar-refractivity contribution in [2.45, 2.75) is 58.5 Å². The van der Waals surface area contributed by atoms with E-state index in [1.165, 1.54) is 12.1 Å². The summed E-state index contributed by atoms with van der Waals surface area (Å²) in [6.45, 7) is 11.8. The molecule has 0 bridgehead atoms. The minimum atomic E-state index is -4.97. The van der Waals surface area contributed by atoms with Crippen LogP contribution in [-0.4, -0.2) is 5.11 Å². The Kier molecular flexibility index (Phi) is 5.37. The maximum Gasteiger partial charge on any atom is 0.453 e. The predicted octanol–water partition coefficient (Wildman–Crippen LogP) is 6.90. The van der Waals surface area contributed by atoms with Gasteiger partial charge in [0.05, 0.1) is 5.39 Å². The van der Waals surface area contributed by atoms with E-state index in [4.69, 9.17) is 9.15 Å². The Morgan fingerprint density at radius 3 is 2.10 bits per heavy atom. The highest BCUT2D eigenvalue weighted by atomic mass is 19.4. The zero-order valence-corrected chi connectivity index (χ0v) is 18.3. The molecule has 3 aromatic rings. The second-order valence-corrected chi connectivity index (χ2v) is 9.58. The summed E-state index contributed by atoms with van der Waals surface area (Å²) in [5.41, 5.74) is -0.325. The van der Waals surface area contributed by atoms with Crippen molar-refractivity contribution in [1.29, 1.82) is 0 Å². The zero-order chi connectivity index (χ0) is 23.4. The lowest BCUT2D eigenvalue weighted by molar-refractivity contribution is -0.154. The van der Waals surface area contributed by atoms with Crippen molar-refractivity contribution in [3.8, 4) is 17.2 Å². The highest BCUT2D eigenvalue weighted by Gasteiger charge is 2.41. The molecule has 0 saturated heterocycles. The number of phenolic OH excluding ortho intramolecular Hbond substituents is 1. The third kappa shape index (κ3) is 4.55. The van der Waals surface area contributed by atoms with Crippen LogP contribution in [0.5, 0.6) is 17.2 Å². The standard InChI is InChI=1S/C24H25F3O4/c1-22(2,3)13-7-10-17(16(11-13)23(4,5)6)30-20-19(29)15-9-8-14(28)12-18(15)31-21(20)24(25,26)27/h7-12,28H,1-6H3. The number of halogens is 3. The van der Waals surface area contributed by atoms with E-state index in [1.807, 2.05) is 47.6 Å². The Morgan fingerprint density at radius 2 is 1.55 bits per heavy atom. The van der Waals surface area contributed by atoms with Gasteiger partial charge in [0, 0.05) is 11.6 Å². The van der Waals surface area contributed by atoms with Gasteiger partial charge in [-0.2, -0.15) is 13.2 Å². The second-order valence-electron chi connectivity index (χ2n) is 9.58. The number of aromatic hydroxyl groups is 1. The van der Waals surface area contributed by atoms with Crippen LogP contribution >= 0.6 is 0 Å². The van der Waals surface area contributed by atoms with Crippen LogP contribution in [-0.2, 0) is 17.0 Å². The van der Waals surface area contributed by atoms with Crippen molar-refractivity contribution in [2.75, 3.05) is 0 Å². The summed E-state index contributed by atoms with van der Waals surface area (Å²) in [5, 5.41) is 9.44. The molecule has 1 aromatic heterocycles. The van der Waals surface area contributed by atoms with E-state index >= 15 is 0 Å². The van der Waals surface area contributed by atoms with Crippen molar-refractivity contribution in [2.24, 2.45) is 0 Å². The van der Waals surface area contributed by atoms with Crippen LogP contribution in [0.3, 0.4) is 0 Å². The van der Waals surface area contributed by atoms with E-state index < -0.39 is 28.5 Å². The number of alkyl halides is 3. The van der Waals surface area contributed by atoms with Gasteiger partial charge in [-0.15, -0.1) is 0 Å². The molecule has 166 valence electrons. The smallest absolute Gasteiger partial charge is 0.453 e. The normalized spacial score (nSPS) is 12.9. The van der Waals surface area contributed by atoms with Crippen molar-refractivity contribution < 1.29 is 27.4 Å². The third-order valence-corrected chi connectivity index (χ3v) is 4.96. The summed E-state index contributed by atoms with van der Waals surface area (Å²) >= 11 is 0. The van der Waals surface area contributed by atoms with E-state index in [9.17, 15) is 23.1 Å². The van der Waals surface area contributed by atoms with Gasteiger partial charge < -0.3 is 14.3 Å². The number of rotatable bonds is 2. The van der Waals surface area contributed by atoms with Crippen LogP contribution in [0.4, 0.5) is 13.2 Å². The molecular formula is C24H25F3O4. The van der Waals surface area contributed by atoms with Crippen LogP contribution in [0, 0.1) is 0 Å². The molecule has 0 amide bonds. The summed E-state index contributed by atoms with van der Waals surface area (Å²) in [5.74, 6) is -2.64. The van der Waals surface area contributed by atoms with Gasteiger partial charge >= 0.3 is 6.18 Å². The number of hydrogen-bond acceptors (Lipinski definition) is 4. The van der Waals surface area contributed by atoms with Gasteiger partial charge in [0.1, 0.15) is 17.1 Å². The number of hydrogen-bond donors (Lipinski definition) is 1. The Morgan fingerprint density at radius 1 is 0.903 bits per heavy atom. The summed E-state index contributed by atoms with van der Waals surface area (Å²) in [4.78, 5) is 12.9. The van der Waals surface area contributed by atoms with Crippen molar-refractivity contribution in [3.05, 3.63) is 63.5 Å². The van der Waals surface area contributed by atoms with Gasteiger partial charge in [-0.1, -0.05) is 53.7 Å². The van der Waals surface area contributed by atoms with Gasteiger partial charge in [0.15, 0.2) is 0 Å². The van der Waals surface area contributed by atoms with Gasteiger partial charge in [0.2, 0.25) is 11.2 Å². The molecular weight excluding hydrogens is 409 g/mol. The minimum Gasteiger partial charge on any atom is -0.508 e. The van der Waals surface area contributed by atoms with Gasteiger partial charge in [-0.05, 0) is 34.6 Å². The maximum absolute atomic E-state index is 13.7. The quantitative estimate of drug-likeness (QED) is 0.476. The third-order valence-electron chi connectivity index (χ3n) is 4.96. The predicted molar refractivity (Wildman–Crippen MR) is 113 cm³/mol. The molecule has 0 atom stereocenters. The molecule has 0 unspecified atom stereocenters. The largest absolute Gasteiger partial charge is 0.508 e. The van der Waals surface area contributed by atoms with Crippen molar-refractivity contribution >= 4 is 11.0 Å². The van der Waals surface area contributed by atoms with Gasteiger partial charge in [-0.25, -0.2) is 0 Å². The molecule has 4 nitrogen and oxygen atoms in total. The van der Waals surface area contributed by atoms with Gasteiger partial charge in [-0.3, -0.25) is 4.79 Å². The molecule has 0 spiro atoms. The Bertz CT molecular complexity index is 1190. The molecule has 7 heteroatoms. The summed E-state index contributed by atoms with van der Waals surface area (Å²) in [7, 11) is 0. The average molecular weight is 434 g/mol. The van der Waals surface area contributed by atoms with Crippen molar-refractivity contribution in [3.63, 3.8) is 0 Å². The van der Waals surface area contributed by atoms with E-state index in [1.54, 1.807) is 12.1 Å². The molecule has 0 radical (unpaired) electrons. The molecule has 0 aliphatic carbocycles. The molecule has 1 N–H and O–H groups in total. The molecule has 0 fully saturated rings. The van der Waals surface area contributed by atoms with Crippen LogP contribution < -0.4 is 10.2 Å². The van der Waals surface area contributed by atoms with E-state index in [2.05, 4.69) is 0 Å². The molecule has 31 heavy (non-hydrogen) atoms. The Labute approximate surface area is 178 Å². The Hall–Kier alpha value is -2.96. The Balaban J connectivity index is 2.27. The molecule has 1 heterocycles. The van der Waals surface area contributed by atoms with Crippen LogP contribution in [0.25, 0.3) is 11.0 Å². The number of benzene rings is 2. The topological polar surface area (TPSA) is 59.7 Å². The highest BCUT2D eigenvalue weighted by Crippen LogP contribution is 2.42. The fourth-order valence-corrected chi connectivity index (χ4v) is 3.23. The summed E-state index contributed by atoms with van der Waals surface area (Å²) in [6.07, 6.45) is -4.97. The first-order chi connectivity index (χ1) is 14.1. The minimum absolute atomic E-state index is 0.121. The number of phenols is 1. The van der Waals surface area contributed by atoms with E-state index in [0.29, 0.717) is 5.56 Å². The number of ether oxygens (including phenoxy) is 1. The molecule has 0 saturated carbocycles. The lowest BCUT2D eigenvalue weighted by atomic mass is 9.80. The second kappa shape index (κ2) is 7.32. The molecule has 0 aliphatic rings. The first-order valence-corrected chi connectivity index (χ1v) is 9.79.